The van der Waals surface area contributed by atoms with E-state index in [0.717, 1.165) is 18.7 Å². The fraction of sp³-hybridized carbons (Fsp3) is 0.467. The Bertz CT molecular complexity index is 758. The molecule has 1 aliphatic carbocycles. The number of nitrogens with zero attached hydrogens (tertiary/aromatic N) is 2. The highest BCUT2D eigenvalue weighted by molar-refractivity contribution is 7.92. The van der Waals surface area contributed by atoms with Crippen LogP contribution in [0.2, 0.25) is 0 Å². The number of rotatable bonds is 5. The molecule has 0 atom stereocenters. The van der Waals surface area contributed by atoms with Crippen LogP contribution in [0, 0.1) is 13.8 Å². The number of hydrogen-bond acceptors (Lipinski definition) is 6. The maximum Gasteiger partial charge on any atom is 0.267 e. The Labute approximate surface area is 135 Å². The van der Waals surface area contributed by atoms with Gasteiger partial charge in [-0.05, 0) is 38.8 Å². The molecular formula is C15H20N4O3S. The zero-order valence-corrected chi connectivity index (χ0v) is 14.0. The molecular weight excluding hydrogens is 316 g/mol. The van der Waals surface area contributed by atoms with Crippen LogP contribution in [-0.2, 0) is 10.0 Å². The molecule has 0 saturated heterocycles. The number of aryl methyl sites for hydroxylation is 2. The van der Waals surface area contributed by atoms with E-state index in [4.69, 9.17) is 4.52 Å². The lowest BCUT2D eigenvalue weighted by Crippen LogP contribution is -2.16. The van der Waals surface area contributed by atoms with E-state index in [2.05, 4.69) is 20.2 Å². The molecule has 1 saturated carbocycles. The quantitative estimate of drug-likeness (QED) is 0.871. The van der Waals surface area contributed by atoms with E-state index in [9.17, 15) is 8.42 Å². The van der Waals surface area contributed by atoms with Crippen LogP contribution in [0.1, 0.15) is 37.1 Å². The zero-order chi connectivity index (χ0) is 16.4. The number of anilines is 2. The van der Waals surface area contributed by atoms with Crippen molar-refractivity contribution in [2.24, 2.45) is 0 Å². The molecule has 0 amide bonds. The summed E-state index contributed by atoms with van der Waals surface area (Å²) in [5, 5.41) is 7.04. The third-order valence-electron chi connectivity index (χ3n) is 3.96. The minimum absolute atomic E-state index is 0.0747. The van der Waals surface area contributed by atoms with Crippen molar-refractivity contribution in [1.82, 2.24) is 10.1 Å². The van der Waals surface area contributed by atoms with E-state index in [1.54, 1.807) is 26.0 Å². The fourth-order valence-electron chi connectivity index (χ4n) is 2.88. The summed E-state index contributed by atoms with van der Waals surface area (Å²) in [5.74, 6) is 1.03. The molecule has 1 aliphatic rings. The zero-order valence-electron chi connectivity index (χ0n) is 13.2. The molecule has 0 radical (unpaired) electrons. The van der Waals surface area contributed by atoms with Gasteiger partial charge in [0.25, 0.3) is 10.0 Å². The SMILES string of the molecule is Cc1noc(C)c1S(=O)(=O)Nc1ccc(NC2CCCC2)nc1. The van der Waals surface area contributed by atoms with E-state index in [0.29, 0.717) is 17.4 Å². The maximum atomic E-state index is 12.4. The van der Waals surface area contributed by atoms with Crippen molar-refractivity contribution < 1.29 is 12.9 Å². The number of pyridine rings is 1. The van der Waals surface area contributed by atoms with Crippen LogP contribution in [-0.4, -0.2) is 24.6 Å². The van der Waals surface area contributed by atoms with Crippen LogP contribution in [0.5, 0.6) is 0 Å². The second-order valence-electron chi connectivity index (χ2n) is 5.82. The van der Waals surface area contributed by atoms with Crippen molar-refractivity contribution in [3.8, 4) is 0 Å². The smallest absolute Gasteiger partial charge is 0.267 e. The number of sulfonamides is 1. The van der Waals surface area contributed by atoms with Crippen LogP contribution in [0.3, 0.4) is 0 Å². The lowest BCUT2D eigenvalue weighted by molar-refractivity contribution is 0.390. The van der Waals surface area contributed by atoms with Crippen LogP contribution < -0.4 is 10.0 Å². The van der Waals surface area contributed by atoms with Crippen LogP contribution >= 0.6 is 0 Å². The first-order chi connectivity index (χ1) is 11.0. The number of hydrogen-bond donors (Lipinski definition) is 2. The Morgan fingerprint density at radius 3 is 2.52 bits per heavy atom. The Morgan fingerprint density at radius 2 is 1.96 bits per heavy atom. The van der Waals surface area contributed by atoms with Crippen molar-refractivity contribution in [2.45, 2.75) is 50.5 Å². The van der Waals surface area contributed by atoms with Crippen molar-refractivity contribution in [3.05, 3.63) is 29.8 Å². The summed E-state index contributed by atoms with van der Waals surface area (Å²) in [7, 11) is -3.73. The Kier molecular flexibility index (Phi) is 4.25. The molecule has 0 aromatic carbocycles. The summed E-state index contributed by atoms with van der Waals surface area (Å²) in [5.41, 5.74) is 0.740. The largest absolute Gasteiger partial charge is 0.367 e. The highest BCUT2D eigenvalue weighted by Crippen LogP contribution is 2.24. The first-order valence-corrected chi connectivity index (χ1v) is 9.12. The lowest BCUT2D eigenvalue weighted by atomic mass is 10.2. The number of nitrogens with one attached hydrogen (secondary N) is 2. The summed E-state index contributed by atoms with van der Waals surface area (Å²) in [4.78, 5) is 4.35. The third-order valence-corrected chi connectivity index (χ3v) is 5.58. The minimum atomic E-state index is -3.73. The molecule has 0 spiro atoms. The molecule has 8 heteroatoms. The maximum absolute atomic E-state index is 12.4. The van der Waals surface area contributed by atoms with Gasteiger partial charge in [-0.15, -0.1) is 0 Å². The minimum Gasteiger partial charge on any atom is -0.367 e. The Hall–Kier alpha value is -2.09. The van der Waals surface area contributed by atoms with Gasteiger partial charge in [0, 0.05) is 6.04 Å². The van der Waals surface area contributed by atoms with Crippen LogP contribution in [0.25, 0.3) is 0 Å². The van der Waals surface area contributed by atoms with E-state index >= 15 is 0 Å². The van der Waals surface area contributed by atoms with Crippen molar-refractivity contribution in [2.75, 3.05) is 10.0 Å². The van der Waals surface area contributed by atoms with Crippen molar-refractivity contribution in [3.63, 3.8) is 0 Å². The summed E-state index contributed by atoms with van der Waals surface area (Å²) in [6, 6.07) is 3.94. The number of aromatic nitrogens is 2. The molecule has 2 aromatic heterocycles. The van der Waals surface area contributed by atoms with Gasteiger partial charge in [-0.2, -0.15) is 0 Å². The van der Waals surface area contributed by atoms with Gasteiger partial charge in [0.05, 0.1) is 11.9 Å². The molecule has 0 unspecified atom stereocenters. The van der Waals surface area contributed by atoms with Crippen LogP contribution in [0.15, 0.2) is 27.7 Å². The van der Waals surface area contributed by atoms with Gasteiger partial charge < -0.3 is 9.84 Å². The average molecular weight is 336 g/mol. The monoisotopic (exact) mass is 336 g/mol. The first-order valence-electron chi connectivity index (χ1n) is 7.64. The van der Waals surface area contributed by atoms with Gasteiger partial charge in [0.15, 0.2) is 10.7 Å². The van der Waals surface area contributed by atoms with Crippen molar-refractivity contribution in [1.29, 1.82) is 0 Å². The fourth-order valence-corrected chi connectivity index (χ4v) is 4.26. The van der Waals surface area contributed by atoms with Gasteiger partial charge >= 0.3 is 0 Å². The molecule has 124 valence electrons. The van der Waals surface area contributed by atoms with E-state index in [1.807, 2.05) is 0 Å². The molecule has 0 aliphatic heterocycles. The molecule has 7 nitrogen and oxygen atoms in total. The molecule has 0 bridgehead atoms. The van der Waals surface area contributed by atoms with Gasteiger partial charge in [-0.25, -0.2) is 13.4 Å². The second-order valence-corrected chi connectivity index (χ2v) is 7.44. The predicted octanol–water partition coefficient (Wildman–Crippen LogP) is 2.84. The topological polar surface area (TPSA) is 97.1 Å². The average Bonchev–Trinajstić information content (AvgIpc) is 3.11. The summed E-state index contributed by atoms with van der Waals surface area (Å²) >= 11 is 0. The summed E-state index contributed by atoms with van der Waals surface area (Å²) in [6.45, 7) is 3.17. The highest BCUT2D eigenvalue weighted by Gasteiger charge is 2.24. The molecule has 1 fully saturated rings. The van der Waals surface area contributed by atoms with Gasteiger partial charge in [0.2, 0.25) is 0 Å². The first kappa shape index (κ1) is 15.8. The summed E-state index contributed by atoms with van der Waals surface area (Å²) < 4.78 is 32.3. The highest BCUT2D eigenvalue weighted by atomic mass is 32.2. The lowest BCUT2D eigenvalue weighted by Gasteiger charge is -2.13. The molecule has 2 N–H and O–H groups in total. The summed E-state index contributed by atoms with van der Waals surface area (Å²) in [6.07, 6.45) is 6.30. The van der Waals surface area contributed by atoms with Gasteiger partial charge in [0.1, 0.15) is 11.5 Å². The third kappa shape index (κ3) is 3.47. The van der Waals surface area contributed by atoms with Crippen molar-refractivity contribution >= 4 is 21.5 Å². The normalized spacial score (nSPS) is 15.7. The Balaban J connectivity index is 1.72. The molecule has 3 rings (SSSR count). The standard InChI is InChI=1S/C15H20N4O3S/c1-10-15(11(2)22-18-10)23(20,21)19-13-7-8-14(16-9-13)17-12-5-3-4-6-12/h7-9,12,19H,3-6H2,1-2H3,(H,16,17). The van der Waals surface area contributed by atoms with E-state index in [-0.39, 0.29) is 10.7 Å². The van der Waals surface area contributed by atoms with E-state index in [1.165, 1.54) is 19.0 Å². The van der Waals surface area contributed by atoms with Gasteiger partial charge in [-0.1, -0.05) is 18.0 Å². The van der Waals surface area contributed by atoms with Crippen LogP contribution in [0.4, 0.5) is 11.5 Å². The van der Waals surface area contributed by atoms with E-state index < -0.39 is 10.0 Å². The Morgan fingerprint density at radius 1 is 1.22 bits per heavy atom. The molecule has 2 aromatic rings. The predicted molar refractivity (Wildman–Crippen MR) is 86.9 cm³/mol. The molecule has 23 heavy (non-hydrogen) atoms. The molecule has 2 heterocycles. The second kappa shape index (κ2) is 6.19. The van der Waals surface area contributed by atoms with Gasteiger partial charge in [-0.3, -0.25) is 4.72 Å².